The van der Waals surface area contributed by atoms with Crippen LogP contribution >= 0.6 is 28.1 Å². The molecule has 0 atom stereocenters. The highest BCUT2D eigenvalue weighted by atomic mass is 79.9. The Morgan fingerprint density at radius 1 is 1.24 bits per heavy atom. The highest BCUT2D eigenvalue weighted by Gasteiger charge is 2.11. The number of amides is 1. The summed E-state index contributed by atoms with van der Waals surface area (Å²) in [6.07, 6.45) is 0. The van der Waals surface area contributed by atoms with Crippen LogP contribution in [0.5, 0.6) is 0 Å². The van der Waals surface area contributed by atoms with Crippen molar-refractivity contribution >= 4 is 44.7 Å². The Hall–Kier alpha value is -1.79. The quantitative estimate of drug-likeness (QED) is 0.812. The lowest BCUT2D eigenvalue weighted by molar-refractivity contribution is 0.102. The molecule has 0 saturated carbocycles. The molecule has 2 aromatic carbocycles. The lowest BCUT2D eigenvalue weighted by atomic mass is 10.1. The Balaban J connectivity index is 2.23. The number of halogens is 2. The first-order chi connectivity index (χ1) is 9.88. The lowest BCUT2D eigenvalue weighted by Gasteiger charge is -2.09. The van der Waals surface area contributed by atoms with Gasteiger partial charge in [-0.15, -0.1) is 0 Å². The third-order valence-electron chi connectivity index (χ3n) is 2.94. The van der Waals surface area contributed by atoms with Crippen molar-refractivity contribution in [2.75, 3.05) is 5.32 Å². The molecule has 21 heavy (non-hydrogen) atoms. The summed E-state index contributed by atoms with van der Waals surface area (Å²) in [6, 6.07) is 9.45. The van der Waals surface area contributed by atoms with Gasteiger partial charge in [0.25, 0.3) is 5.91 Å². The first kappa shape index (κ1) is 15.6. The van der Waals surface area contributed by atoms with E-state index in [1.165, 1.54) is 6.07 Å². The zero-order valence-corrected chi connectivity index (χ0v) is 13.5. The van der Waals surface area contributed by atoms with E-state index in [0.29, 0.717) is 21.3 Å². The molecule has 6 heteroatoms. The number of hydrogen-bond donors (Lipinski definition) is 2. The fraction of sp³-hybridized carbons (Fsp3) is 0.0667. The number of aryl methyl sites for hydroxylation is 1. The fourth-order valence-electron chi connectivity index (χ4n) is 1.70. The molecule has 108 valence electrons. The van der Waals surface area contributed by atoms with Gasteiger partial charge in [0.15, 0.2) is 0 Å². The summed E-state index contributed by atoms with van der Waals surface area (Å²) >= 11 is 8.22. The van der Waals surface area contributed by atoms with Crippen LogP contribution in [0.15, 0.2) is 40.9 Å². The van der Waals surface area contributed by atoms with Gasteiger partial charge in [0.1, 0.15) is 10.8 Å². The van der Waals surface area contributed by atoms with Crippen molar-refractivity contribution in [3.63, 3.8) is 0 Å². The van der Waals surface area contributed by atoms with E-state index in [4.69, 9.17) is 18.0 Å². The Bertz CT molecular complexity index is 734. The average Bonchev–Trinajstić information content (AvgIpc) is 2.43. The number of carbonyl (C=O) groups excluding carboxylic acids is 1. The summed E-state index contributed by atoms with van der Waals surface area (Å²) in [5.41, 5.74) is 7.53. The number of nitrogens with one attached hydrogen (secondary N) is 1. The highest BCUT2D eigenvalue weighted by molar-refractivity contribution is 9.10. The highest BCUT2D eigenvalue weighted by Crippen LogP contribution is 2.24. The molecule has 3 N–H and O–H groups in total. The molecule has 0 aliphatic heterocycles. The maximum absolute atomic E-state index is 13.5. The van der Waals surface area contributed by atoms with E-state index in [0.717, 1.165) is 0 Å². The van der Waals surface area contributed by atoms with E-state index >= 15 is 0 Å². The second kappa shape index (κ2) is 6.32. The van der Waals surface area contributed by atoms with Crippen molar-refractivity contribution in [3.05, 3.63) is 63.4 Å². The van der Waals surface area contributed by atoms with E-state index in [9.17, 15) is 9.18 Å². The topological polar surface area (TPSA) is 55.1 Å². The number of nitrogens with two attached hydrogens (primary N) is 1. The minimum absolute atomic E-state index is 0.253. The summed E-state index contributed by atoms with van der Waals surface area (Å²) in [7, 11) is 0. The molecule has 0 aliphatic rings. The number of rotatable bonds is 3. The number of anilines is 1. The van der Waals surface area contributed by atoms with Gasteiger partial charge in [0.05, 0.1) is 5.69 Å². The standard InChI is InChI=1S/C15H12BrFN2OS/c1-8-2-3-10(7-12(8)17)15(20)19-13-5-4-9(14(18)21)6-11(13)16/h2-7H,1H3,(H2,18,21)(H,19,20). The van der Waals surface area contributed by atoms with Crippen LogP contribution in [0.2, 0.25) is 0 Å². The van der Waals surface area contributed by atoms with Gasteiger partial charge in [-0.1, -0.05) is 18.3 Å². The van der Waals surface area contributed by atoms with Crippen LogP contribution in [0.3, 0.4) is 0 Å². The second-order valence-corrected chi connectivity index (χ2v) is 5.77. The molecule has 0 unspecified atom stereocenters. The van der Waals surface area contributed by atoms with E-state index < -0.39 is 11.7 Å². The van der Waals surface area contributed by atoms with E-state index in [1.54, 1.807) is 37.3 Å². The number of carbonyl (C=O) groups is 1. The Kier molecular flexibility index (Phi) is 4.69. The molecule has 2 aromatic rings. The van der Waals surface area contributed by atoms with Crippen LogP contribution in [-0.2, 0) is 0 Å². The van der Waals surface area contributed by atoms with Gasteiger partial charge >= 0.3 is 0 Å². The fourth-order valence-corrected chi connectivity index (χ4v) is 2.30. The molecule has 0 spiro atoms. The van der Waals surface area contributed by atoms with Gasteiger partial charge in [-0.05, 0) is 58.7 Å². The molecule has 0 saturated heterocycles. The smallest absolute Gasteiger partial charge is 0.255 e. The Morgan fingerprint density at radius 3 is 2.48 bits per heavy atom. The second-order valence-electron chi connectivity index (χ2n) is 4.48. The lowest BCUT2D eigenvalue weighted by Crippen LogP contribution is -2.14. The molecule has 2 rings (SSSR count). The maximum atomic E-state index is 13.5. The predicted octanol–water partition coefficient (Wildman–Crippen LogP) is 3.78. The van der Waals surface area contributed by atoms with Crippen LogP contribution in [0, 0.1) is 12.7 Å². The van der Waals surface area contributed by atoms with Gasteiger partial charge in [-0.2, -0.15) is 0 Å². The van der Waals surface area contributed by atoms with Crippen LogP contribution in [-0.4, -0.2) is 10.9 Å². The minimum atomic E-state index is -0.412. The molecule has 0 bridgehead atoms. The van der Waals surface area contributed by atoms with Crippen molar-refractivity contribution in [1.29, 1.82) is 0 Å². The molecular weight excluding hydrogens is 355 g/mol. The SMILES string of the molecule is Cc1ccc(C(=O)Nc2ccc(C(N)=S)cc2Br)cc1F. The summed E-state index contributed by atoms with van der Waals surface area (Å²) < 4.78 is 14.1. The van der Waals surface area contributed by atoms with Crippen molar-refractivity contribution in [2.24, 2.45) is 5.73 Å². The molecule has 0 heterocycles. The molecular formula is C15H12BrFN2OS. The zero-order chi connectivity index (χ0) is 15.6. The summed E-state index contributed by atoms with van der Waals surface area (Å²) in [5.74, 6) is -0.803. The normalized spacial score (nSPS) is 10.2. The first-order valence-electron chi connectivity index (χ1n) is 6.05. The van der Waals surface area contributed by atoms with E-state index in [1.807, 2.05) is 0 Å². The third-order valence-corrected chi connectivity index (χ3v) is 3.83. The van der Waals surface area contributed by atoms with Crippen molar-refractivity contribution in [2.45, 2.75) is 6.92 Å². The largest absolute Gasteiger partial charge is 0.389 e. The molecule has 0 aliphatic carbocycles. The van der Waals surface area contributed by atoms with Gasteiger partial charge in [0, 0.05) is 15.6 Å². The molecule has 1 amide bonds. The Morgan fingerprint density at radius 2 is 1.90 bits per heavy atom. The summed E-state index contributed by atoms with van der Waals surface area (Å²) in [6.45, 7) is 1.64. The van der Waals surface area contributed by atoms with Crippen LogP contribution in [0.25, 0.3) is 0 Å². The van der Waals surface area contributed by atoms with Gasteiger partial charge in [-0.25, -0.2) is 4.39 Å². The maximum Gasteiger partial charge on any atom is 0.255 e. The van der Waals surface area contributed by atoms with Crippen molar-refractivity contribution < 1.29 is 9.18 Å². The minimum Gasteiger partial charge on any atom is -0.389 e. The number of hydrogen-bond acceptors (Lipinski definition) is 2. The molecule has 0 radical (unpaired) electrons. The molecule has 3 nitrogen and oxygen atoms in total. The third kappa shape index (κ3) is 3.65. The predicted molar refractivity (Wildman–Crippen MR) is 89.1 cm³/mol. The Labute approximate surface area is 135 Å². The van der Waals surface area contributed by atoms with Gasteiger partial charge < -0.3 is 11.1 Å². The van der Waals surface area contributed by atoms with E-state index in [2.05, 4.69) is 21.2 Å². The summed E-state index contributed by atoms with van der Waals surface area (Å²) in [4.78, 5) is 12.4. The average molecular weight is 367 g/mol. The van der Waals surface area contributed by atoms with Crippen LogP contribution < -0.4 is 11.1 Å². The summed E-state index contributed by atoms with van der Waals surface area (Å²) in [5, 5.41) is 2.70. The number of thiocarbonyl (C=S) groups is 1. The van der Waals surface area contributed by atoms with Crippen LogP contribution in [0.4, 0.5) is 10.1 Å². The zero-order valence-electron chi connectivity index (χ0n) is 11.1. The monoisotopic (exact) mass is 366 g/mol. The van der Waals surface area contributed by atoms with Crippen molar-refractivity contribution in [1.82, 2.24) is 0 Å². The van der Waals surface area contributed by atoms with Gasteiger partial charge in [-0.3, -0.25) is 4.79 Å². The van der Waals surface area contributed by atoms with Gasteiger partial charge in [0.2, 0.25) is 0 Å². The first-order valence-corrected chi connectivity index (χ1v) is 7.25. The van der Waals surface area contributed by atoms with Crippen molar-refractivity contribution in [3.8, 4) is 0 Å². The molecule has 0 fully saturated rings. The molecule has 0 aromatic heterocycles. The van der Waals surface area contributed by atoms with Crippen LogP contribution in [0.1, 0.15) is 21.5 Å². The van der Waals surface area contributed by atoms with E-state index in [-0.39, 0.29) is 10.6 Å². The number of benzene rings is 2.